The van der Waals surface area contributed by atoms with E-state index in [1.807, 2.05) is 36.4 Å². The van der Waals surface area contributed by atoms with Gasteiger partial charge in [0.05, 0.1) is 16.9 Å². The molecule has 0 aliphatic heterocycles. The zero-order valence-electron chi connectivity index (χ0n) is 15.8. The number of para-hydroxylation sites is 1. The molecule has 0 bridgehead atoms. The zero-order chi connectivity index (χ0) is 20.4. The molecule has 4 aromatic rings. The third-order valence-corrected chi connectivity index (χ3v) is 5.11. The van der Waals surface area contributed by atoms with Gasteiger partial charge in [0.25, 0.3) is 5.56 Å². The fourth-order valence-corrected chi connectivity index (χ4v) is 3.60. The molecule has 29 heavy (non-hydrogen) atoms. The summed E-state index contributed by atoms with van der Waals surface area (Å²) in [4.78, 5) is 17.7. The second kappa shape index (κ2) is 7.94. The van der Waals surface area contributed by atoms with Gasteiger partial charge in [-0.1, -0.05) is 61.0 Å². The Bertz CT molecular complexity index is 1290. The van der Waals surface area contributed by atoms with Crippen LogP contribution in [0, 0.1) is 0 Å². The van der Waals surface area contributed by atoms with E-state index < -0.39 is 0 Å². The van der Waals surface area contributed by atoms with Crippen molar-refractivity contribution in [2.75, 3.05) is 0 Å². The summed E-state index contributed by atoms with van der Waals surface area (Å²) in [7, 11) is 0. The van der Waals surface area contributed by atoms with E-state index in [1.54, 1.807) is 42.6 Å². The molecule has 0 atom stereocenters. The van der Waals surface area contributed by atoms with Crippen LogP contribution in [0.5, 0.6) is 5.88 Å². The number of aliphatic imine (C=N–C) groups is 1. The number of hydrogen-bond donors (Lipinski definition) is 1. The van der Waals surface area contributed by atoms with E-state index in [4.69, 9.17) is 11.6 Å². The minimum atomic E-state index is -0.313. The quantitative estimate of drug-likeness (QED) is 0.447. The third kappa shape index (κ3) is 3.55. The molecule has 1 N–H and O–H groups in total. The lowest BCUT2D eigenvalue weighted by molar-refractivity contribution is 0.436. The first-order chi connectivity index (χ1) is 14.1. The van der Waals surface area contributed by atoms with Crippen molar-refractivity contribution >= 4 is 34.3 Å². The molecule has 144 valence electrons. The van der Waals surface area contributed by atoms with Crippen LogP contribution < -0.4 is 5.56 Å². The average Bonchev–Trinajstić information content (AvgIpc) is 2.74. The van der Waals surface area contributed by atoms with Gasteiger partial charge in [-0.15, -0.1) is 0 Å². The summed E-state index contributed by atoms with van der Waals surface area (Å²) in [6, 6.07) is 21.9. The van der Waals surface area contributed by atoms with Crippen LogP contribution >= 0.6 is 11.6 Å². The molecule has 0 amide bonds. The molecular formula is C24H19ClN2O2. The van der Waals surface area contributed by atoms with Gasteiger partial charge in [0.1, 0.15) is 0 Å². The molecule has 0 spiro atoms. The summed E-state index contributed by atoms with van der Waals surface area (Å²) in [5, 5.41) is 12.7. The highest BCUT2D eigenvalue weighted by atomic mass is 35.5. The third-order valence-electron chi connectivity index (χ3n) is 4.88. The predicted octanol–water partition coefficient (Wildman–Crippen LogP) is 5.66. The smallest absolute Gasteiger partial charge is 0.265 e. The topological polar surface area (TPSA) is 54.6 Å². The Kier molecular flexibility index (Phi) is 5.19. The van der Waals surface area contributed by atoms with Gasteiger partial charge in [0.2, 0.25) is 5.88 Å². The average molecular weight is 403 g/mol. The molecular weight excluding hydrogens is 384 g/mol. The van der Waals surface area contributed by atoms with Crippen molar-refractivity contribution in [3.63, 3.8) is 0 Å². The van der Waals surface area contributed by atoms with Gasteiger partial charge in [0, 0.05) is 22.0 Å². The Balaban J connectivity index is 1.99. The number of pyridine rings is 1. The normalized spacial score (nSPS) is 11.4. The van der Waals surface area contributed by atoms with Crippen LogP contribution in [-0.2, 0) is 6.42 Å². The molecule has 0 aliphatic carbocycles. The summed E-state index contributed by atoms with van der Waals surface area (Å²) in [6.07, 6.45) is 2.47. The van der Waals surface area contributed by atoms with Crippen LogP contribution in [0.2, 0.25) is 5.02 Å². The van der Waals surface area contributed by atoms with Crippen LogP contribution in [-0.4, -0.2) is 15.9 Å². The number of hydrogen-bond acceptors (Lipinski definition) is 3. The van der Waals surface area contributed by atoms with Crippen molar-refractivity contribution < 1.29 is 5.11 Å². The van der Waals surface area contributed by atoms with Crippen molar-refractivity contribution in [1.82, 2.24) is 4.57 Å². The zero-order valence-corrected chi connectivity index (χ0v) is 16.6. The molecule has 3 aromatic carbocycles. The highest BCUT2D eigenvalue weighted by Gasteiger charge is 2.16. The minimum absolute atomic E-state index is 0.173. The van der Waals surface area contributed by atoms with E-state index in [0.29, 0.717) is 27.0 Å². The Labute approximate surface area is 173 Å². The predicted molar refractivity (Wildman–Crippen MR) is 119 cm³/mol. The summed E-state index contributed by atoms with van der Waals surface area (Å²) in [5.74, 6) is -0.173. The fraction of sp³-hybridized carbons (Fsp3) is 0.0833. The first-order valence-corrected chi connectivity index (χ1v) is 9.72. The van der Waals surface area contributed by atoms with E-state index in [-0.39, 0.29) is 11.4 Å². The SMILES string of the molecule is CCc1ccccc1N=Cc1c(O)n(-c2cccc(Cl)c2)c(=O)c2ccccc12. The highest BCUT2D eigenvalue weighted by molar-refractivity contribution is 6.30. The monoisotopic (exact) mass is 402 g/mol. The van der Waals surface area contributed by atoms with Crippen molar-refractivity contribution in [2.45, 2.75) is 13.3 Å². The molecule has 0 radical (unpaired) electrons. The van der Waals surface area contributed by atoms with Crippen molar-refractivity contribution in [3.8, 4) is 11.6 Å². The van der Waals surface area contributed by atoms with E-state index in [1.165, 1.54) is 4.57 Å². The van der Waals surface area contributed by atoms with Crippen LogP contribution in [0.3, 0.4) is 0 Å². The lowest BCUT2D eigenvalue weighted by Crippen LogP contribution is -2.20. The summed E-state index contributed by atoms with van der Waals surface area (Å²) in [5.41, 5.74) is 2.60. The molecule has 4 nitrogen and oxygen atoms in total. The van der Waals surface area contributed by atoms with E-state index in [9.17, 15) is 9.90 Å². The van der Waals surface area contributed by atoms with Gasteiger partial charge in [-0.05, 0) is 42.3 Å². The molecule has 5 heteroatoms. The van der Waals surface area contributed by atoms with E-state index in [0.717, 1.165) is 17.7 Å². The largest absolute Gasteiger partial charge is 0.494 e. The molecule has 0 aliphatic rings. The molecule has 0 saturated heterocycles. The number of fused-ring (bicyclic) bond motifs is 1. The van der Waals surface area contributed by atoms with Crippen LogP contribution in [0.25, 0.3) is 16.5 Å². The maximum absolute atomic E-state index is 13.1. The summed E-state index contributed by atoms with van der Waals surface area (Å²) >= 11 is 6.11. The van der Waals surface area contributed by atoms with Crippen molar-refractivity contribution in [2.24, 2.45) is 4.99 Å². The van der Waals surface area contributed by atoms with Crippen LogP contribution in [0.4, 0.5) is 5.69 Å². The van der Waals surface area contributed by atoms with Crippen molar-refractivity contribution in [1.29, 1.82) is 0 Å². The second-order valence-electron chi connectivity index (χ2n) is 6.64. The number of nitrogens with zero attached hydrogens (tertiary/aromatic N) is 2. The number of rotatable bonds is 4. The number of benzene rings is 3. The maximum atomic E-state index is 13.1. The Morgan fingerprint density at radius 1 is 1.00 bits per heavy atom. The van der Waals surface area contributed by atoms with Gasteiger partial charge in [-0.3, -0.25) is 9.79 Å². The van der Waals surface area contributed by atoms with Crippen molar-refractivity contribution in [3.05, 3.63) is 99.3 Å². The van der Waals surface area contributed by atoms with Gasteiger partial charge in [-0.25, -0.2) is 4.57 Å². The first kappa shape index (κ1) is 19.0. The van der Waals surface area contributed by atoms with Crippen LogP contribution in [0.15, 0.2) is 82.6 Å². The number of aromatic hydroxyl groups is 1. The second-order valence-corrected chi connectivity index (χ2v) is 7.08. The fourth-order valence-electron chi connectivity index (χ4n) is 3.41. The number of aromatic nitrogens is 1. The van der Waals surface area contributed by atoms with E-state index >= 15 is 0 Å². The summed E-state index contributed by atoms with van der Waals surface area (Å²) < 4.78 is 1.27. The van der Waals surface area contributed by atoms with Gasteiger partial charge < -0.3 is 5.11 Å². The lowest BCUT2D eigenvalue weighted by Gasteiger charge is -2.14. The Morgan fingerprint density at radius 2 is 1.72 bits per heavy atom. The number of halogens is 1. The lowest BCUT2D eigenvalue weighted by atomic mass is 10.1. The number of aryl methyl sites for hydroxylation is 1. The molecule has 4 rings (SSSR count). The van der Waals surface area contributed by atoms with Crippen LogP contribution in [0.1, 0.15) is 18.1 Å². The Hall–Kier alpha value is -3.37. The molecule has 1 aromatic heterocycles. The molecule has 1 heterocycles. The highest BCUT2D eigenvalue weighted by Crippen LogP contribution is 2.28. The maximum Gasteiger partial charge on any atom is 0.265 e. The molecule has 0 fully saturated rings. The molecule has 0 unspecified atom stereocenters. The Morgan fingerprint density at radius 3 is 2.48 bits per heavy atom. The molecule has 0 saturated carbocycles. The standard InChI is InChI=1S/C24H19ClN2O2/c1-2-16-8-3-6-13-22(16)26-15-21-19-11-4-5-12-20(19)23(28)27(24(21)29)18-10-7-9-17(25)14-18/h3-15,29H,2H2,1H3. The van der Waals surface area contributed by atoms with Gasteiger partial charge in [0.15, 0.2) is 0 Å². The van der Waals surface area contributed by atoms with E-state index in [2.05, 4.69) is 11.9 Å². The minimum Gasteiger partial charge on any atom is -0.494 e. The van der Waals surface area contributed by atoms with Gasteiger partial charge >= 0.3 is 0 Å². The first-order valence-electron chi connectivity index (χ1n) is 9.34. The summed E-state index contributed by atoms with van der Waals surface area (Å²) in [6.45, 7) is 2.07. The van der Waals surface area contributed by atoms with Gasteiger partial charge in [-0.2, -0.15) is 0 Å².